The summed E-state index contributed by atoms with van der Waals surface area (Å²) in [6, 6.07) is 10.1. The average Bonchev–Trinajstić information content (AvgIpc) is 3.16. The molecule has 1 aliphatic carbocycles. The number of rotatable bonds is 5. The highest BCUT2D eigenvalue weighted by atomic mass is 32.2. The fraction of sp³-hybridized carbons (Fsp3) is 0.478. The highest BCUT2D eigenvalue weighted by Crippen LogP contribution is 2.32. The lowest BCUT2D eigenvalue weighted by Crippen LogP contribution is -2.58. The fourth-order valence-corrected chi connectivity index (χ4v) is 6.74. The van der Waals surface area contributed by atoms with Crippen LogP contribution in [0.15, 0.2) is 41.3 Å². The summed E-state index contributed by atoms with van der Waals surface area (Å²) in [4.78, 5) is 2.47. The van der Waals surface area contributed by atoms with Gasteiger partial charge in [-0.1, -0.05) is 6.07 Å². The zero-order valence-corrected chi connectivity index (χ0v) is 18.8. The van der Waals surface area contributed by atoms with Crippen LogP contribution in [-0.4, -0.2) is 44.5 Å². The zero-order valence-electron chi connectivity index (χ0n) is 18.0. The molecule has 5 nitrogen and oxygen atoms in total. The number of hydrogen-bond acceptors (Lipinski definition) is 4. The van der Waals surface area contributed by atoms with Crippen LogP contribution < -0.4 is 9.64 Å². The molecule has 1 aliphatic heterocycles. The van der Waals surface area contributed by atoms with Crippen LogP contribution in [-0.2, 0) is 22.9 Å². The minimum Gasteiger partial charge on any atom is -0.435 e. The molecule has 0 unspecified atom stereocenters. The summed E-state index contributed by atoms with van der Waals surface area (Å²) in [5.74, 6) is 0.151. The Morgan fingerprint density at radius 1 is 1.00 bits per heavy atom. The highest BCUT2D eigenvalue weighted by molar-refractivity contribution is 7.89. The number of aryl methyl sites for hydroxylation is 3. The quantitative estimate of drug-likeness (QED) is 0.679. The van der Waals surface area contributed by atoms with Crippen molar-refractivity contribution in [1.29, 1.82) is 0 Å². The number of ether oxygens (including phenoxy) is 1. The topological polar surface area (TPSA) is 49.9 Å². The highest BCUT2D eigenvalue weighted by Gasteiger charge is 2.39. The molecule has 0 bridgehead atoms. The first-order valence-electron chi connectivity index (χ1n) is 10.6. The molecule has 0 amide bonds. The van der Waals surface area contributed by atoms with E-state index in [1.165, 1.54) is 5.56 Å². The number of alkyl halides is 2. The summed E-state index contributed by atoms with van der Waals surface area (Å²) in [5, 5.41) is 0. The van der Waals surface area contributed by atoms with Crippen molar-refractivity contribution in [3.8, 4) is 5.75 Å². The van der Waals surface area contributed by atoms with E-state index in [0.29, 0.717) is 23.5 Å². The standard InChI is InChI=1S/C23H28F2N2O3S/c1-15-11-20(8-10-22(15)30-23(24)25)26-13-16(2)27(17(3)14-26)31(28,29)21-9-7-18-5-4-6-19(18)12-21/h7-12,16-17,23H,4-6,13-14H2,1-3H3/t16-,17+. The van der Waals surface area contributed by atoms with Gasteiger partial charge in [-0.2, -0.15) is 13.1 Å². The Morgan fingerprint density at radius 3 is 2.32 bits per heavy atom. The summed E-state index contributed by atoms with van der Waals surface area (Å²) in [6.07, 6.45) is 3.02. The third kappa shape index (κ3) is 4.28. The van der Waals surface area contributed by atoms with Crippen LogP contribution in [0.2, 0.25) is 0 Å². The molecular weight excluding hydrogens is 422 g/mol. The maximum Gasteiger partial charge on any atom is 0.387 e. The summed E-state index contributed by atoms with van der Waals surface area (Å²) < 4.78 is 58.2. The first-order valence-corrected chi connectivity index (χ1v) is 12.1. The third-order valence-corrected chi connectivity index (χ3v) is 8.35. The van der Waals surface area contributed by atoms with Gasteiger partial charge in [0.15, 0.2) is 0 Å². The fourth-order valence-electron chi connectivity index (χ4n) is 4.88. The lowest BCUT2D eigenvalue weighted by molar-refractivity contribution is -0.0502. The molecule has 8 heteroatoms. The van der Waals surface area contributed by atoms with Gasteiger partial charge in [0, 0.05) is 30.9 Å². The molecule has 2 aromatic rings. The number of fused-ring (bicyclic) bond motifs is 1. The van der Waals surface area contributed by atoms with Crippen molar-refractivity contribution in [2.45, 2.75) is 63.6 Å². The molecule has 2 atom stereocenters. The summed E-state index contributed by atoms with van der Waals surface area (Å²) >= 11 is 0. The van der Waals surface area contributed by atoms with E-state index in [9.17, 15) is 17.2 Å². The summed E-state index contributed by atoms with van der Waals surface area (Å²) in [7, 11) is -3.61. The van der Waals surface area contributed by atoms with E-state index in [0.717, 1.165) is 30.5 Å². The van der Waals surface area contributed by atoms with E-state index in [-0.39, 0.29) is 17.8 Å². The van der Waals surface area contributed by atoms with Gasteiger partial charge in [-0.15, -0.1) is 0 Å². The van der Waals surface area contributed by atoms with Crippen LogP contribution in [0.25, 0.3) is 0 Å². The van der Waals surface area contributed by atoms with Gasteiger partial charge in [0.25, 0.3) is 0 Å². The largest absolute Gasteiger partial charge is 0.435 e. The van der Waals surface area contributed by atoms with E-state index in [4.69, 9.17) is 0 Å². The van der Waals surface area contributed by atoms with Gasteiger partial charge in [-0.25, -0.2) is 8.42 Å². The number of hydrogen-bond donors (Lipinski definition) is 0. The van der Waals surface area contributed by atoms with Gasteiger partial charge >= 0.3 is 6.61 Å². The van der Waals surface area contributed by atoms with Crippen LogP contribution in [0.5, 0.6) is 5.75 Å². The van der Waals surface area contributed by atoms with Crippen LogP contribution in [0, 0.1) is 6.92 Å². The Bertz CT molecular complexity index is 1060. The zero-order chi connectivity index (χ0) is 22.3. The monoisotopic (exact) mass is 450 g/mol. The van der Waals surface area contributed by atoms with Gasteiger partial charge in [0.2, 0.25) is 10.0 Å². The minimum atomic E-state index is -3.61. The predicted molar refractivity (Wildman–Crippen MR) is 116 cm³/mol. The number of nitrogens with zero attached hydrogens (tertiary/aromatic N) is 2. The molecule has 0 spiro atoms. The SMILES string of the molecule is Cc1cc(N2C[C@@H](C)N(S(=O)(=O)c3ccc4c(c3)CCC4)[C@@H](C)C2)ccc1OC(F)F. The first kappa shape index (κ1) is 22.0. The van der Waals surface area contributed by atoms with Gasteiger partial charge in [0.05, 0.1) is 4.90 Å². The molecule has 1 fully saturated rings. The summed E-state index contributed by atoms with van der Waals surface area (Å²) in [6.45, 7) is 3.72. The number of sulfonamides is 1. The van der Waals surface area contributed by atoms with Crippen molar-refractivity contribution >= 4 is 15.7 Å². The molecule has 1 saturated heterocycles. The Balaban J connectivity index is 1.55. The van der Waals surface area contributed by atoms with Gasteiger partial charge in [-0.3, -0.25) is 0 Å². The second-order valence-electron chi connectivity index (χ2n) is 8.55. The van der Waals surface area contributed by atoms with Crippen LogP contribution >= 0.6 is 0 Å². The van der Waals surface area contributed by atoms with Crippen LogP contribution in [0.3, 0.4) is 0 Å². The molecule has 4 rings (SSSR count). The van der Waals surface area contributed by atoms with Crippen molar-refractivity contribution in [2.24, 2.45) is 0 Å². The Hall–Kier alpha value is -2.19. The van der Waals surface area contributed by atoms with Crippen molar-refractivity contribution in [3.63, 3.8) is 0 Å². The molecule has 168 valence electrons. The van der Waals surface area contributed by atoms with Crippen molar-refractivity contribution in [2.75, 3.05) is 18.0 Å². The minimum absolute atomic E-state index is 0.151. The molecule has 2 aromatic carbocycles. The maximum absolute atomic E-state index is 13.5. The molecular formula is C23H28F2N2O3S. The number of anilines is 1. The van der Waals surface area contributed by atoms with Crippen molar-refractivity contribution in [3.05, 3.63) is 53.1 Å². The first-order chi connectivity index (χ1) is 14.7. The smallest absolute Gasteiger partial charge is 0.387 e. The number of benzene rings is 2. The third-order valence-electron chi connectivity index (χ3n) is 6.22. The maximum atomic E-state index is 13.5. The number of halogens is 2. The van der Waals surface area contributed by atoms with E-state index < -0.39 is 16.6 Å². The van der Waals surface area contributed by atoms with Gasteiger partial charge in [0.1, 0.15) is 5.75 Å². The van der Waals surface area contributed by atoms with Crippen molar-refractivity contribution < 1.29 is 21.9 Å². The van der Waals surface area contributed by atoms with E-state index in [1.807, 2.05) is 32.0 Å². The second kappa shape index (κ2) is 8.39. The molecule has 1 heterocycles. The van der Waals surface area contributed by atoms with E-state index in [1.54, 1.807) is 29.4 Å². The Kier molecular flexibility index (Phi) is 5.96. The molecule has 2 aliphatic rings. The van der Waals surface area contributed by atoms with E-state index >= 15 is 0 Å². The molecule has 0 N–H and O–H groups in total. The summed E-state index contributed by atoms with van der Waals surface area (Å²) in [5.41, 5.74) is 3.87. The average molecular weight is 451 g/mol. The Labute approximate surface area is 182 Å². The lowest BCUT2D eigenvalue weighted by atomic mass is 10.1. The lowest BCUT2D eigenvalue weighted by Gasteiger charge is -2.44. The normalized spacial score (nSPS) is 22.1. The van der Waals surface area contributed by atoms with Gasteiger partial charge in [-0.05, 0) is 87.1 Å². The molecule has 0 radical (unpaired) electrons. The second-order valence-corrected chi connectivity index (χ2v) is 10.4. The number of piperazine rings is 1. The van der Waals surface area contributed by atoms with Gasteiger partial charge < -0.3 is 9.64 Å². The molecule has 0 saturated carbocycles. The van der Waals surface area contributed by atoms with Crippen LogP contribution in [0.1, 0.15) is 37.0 Å². The predicted octanol–water partition coefficient (Wildman–Crippen LogP) is 4.37. The van der Waals surface area contributed by atoms with Crippen molar-refractivity contribution in [1.82, 2.24) is 4.31 Å². The van der Waals surface area contributed by atoms with Crippen LogP contribution in [0.4, 0.5) is 14.5 Å². The molecule has 0 aromatic heterocycles. The van der Waals surface area contributed by atoms with E-state index in [2.05, 4.69) is 9.64 Å². The molecule has 31 heavy (non-hydrogen) atoms. The Morgan fingerprint density at radius 2 is 1.68 bits per heavy atom.